The van der Waals surface area contributed by atoms with Gasteiger partial charge in [0.2, 0.25) is 0 Å². The number of hydrogen-bond acceptors (Lipinski definition) is 1. The van der Waals surface area contributed by atoms with Crippen molar-refractivity contribution < 1.29 is 8.78 Å². The van der Waals surface area contributed by atoms with E-state index in [2.05, 4.69) is 12.2 Å². The summed E-state index contributed by atoms with van der Waals surface area (Å²) in [7, 11) is 0. The molecule has 0 radical (unpaired) electrons. The number of rotatable bonds is 3. The molecule has 110 valence electrons. The van der Waals surface area contributed by atoms with Crippen molar-refractivity contribution in [3.63, 3.8) is 0 Å². The molecule has 0 bridgehead atoms. The maximum Gasteiger partial charge on any atom is 0.131 e. The van der Waals surface area contributed by atoms with Gasteiger partial charge in [0.15, 0.2) is 0 Å². The van der Waals surface area contributed by atoms with E-state index in [1.807, 2.05) is 18.2 Å². The van der Waals surface area contributed by atoms with Crippen molar-refractivity contribution in [1.82, 2.24) is 0 Å². The number of halogens is 2. The first kappa shape index (κ1) is 14.1. The molecular formula is C18H19F2N. The van der Waals surface area contributed by atoms with Gasteiger partial charge >= 0.3 is 0 Å². The van der Waals surface area contributed by atoms with Crippen molar-refractivity contribution in [3.05, 3.63) is 53.6 Å². The topological polar surface area (TPSA) is 12.0 Å². The smallest absolute Gasteiger partial charge is 0.131 e. The third kappa shape index (κ3) is 2.92. The Morgan fingerprint density at radius 3 is 2.81 bits per heavy atom. The van der Waals surface area contributed by atoms with Crippen LogP contribution in [0, 0.1) is 17.6 Å². The van der Waals surface area contributed by atoms with E-state index >= 15 is 0 Å². The molecule has 3 heteroatoms. The van der Waals surface area contributed by atoms with Gasteiger partial charge in [0.05, 0.1) is 0 Å². The second-order valence-electron chi connectivity index (χ2n) is 5.74. The fourth-order valence-corrected chi connectivity index (χ4v) is 3.06. The van der Waals surface area contributed by atoms with Gasteiger partial charge in [-0.2, -0.15) is 0 Å². The minimum Gasteiger partial charge on any atom is -0.385 e. The summed E-state index contributed by atoms with van der Waals surface area (Å²) in [5, 5.41) is 3.43. The standard InChI is InChI=1S/C18H19F2N/c1-2-3-12-8-14-5-4-13(9-18(14)21-11-12)16-10-15(19)6-7-17(16)20/h4-7,9-10,12,21H,2-3,8,11H2,1H3. The van der Waals surface area contributed by atoms with Crippen LogP contribution < -0.4 is 5.32 Å². The summed E-state index contributed by atoms with van der Waals surface area (Å²) in [6, 6.07) is 9.41. The molecule has 3 rings (SSSR count). The summed E-state index contributed by atoms with van der Waals surface area (Å²) in [5.41, 5.74) is 3.34. The van der Waals surface area contributed by atoms with Gasteiger partial charge in [-0.05, 0) is 54.2 Å². The molecule has 0 aromatic heterocycles. The van der Waals surface area contributed by atoms with Crippen molar-refractivity contribution in [2.45, 2.75) is 26.2 Å². The third-order valence-corrected chi connectivity index (χ3v) is 4.14. The largest absolute Gasteiger partial charge is 0.385 e. The van der Waals surface area contributed by atoms with E-state index in [1.165, 1.54) is 30.5 Å². The molecule has 1 aliphatic heterocycles. The second-order valence-corrected chi connectivity index (χ2v) is 5.74. The normalized spacial score (nSPS) is 17.2. The van der Waals surface area contributed by atoms with Crippen LogP contribution in [0.4, 0.5) is 14.5 Å². The van der Waals surface area contributed by atoms with Gasteiger partial charge in [-0.3, -0.25) is 0 Å². The van der Waals surface area contributed by atoms with Crippen LogP contribution in [0.15, 0.2) is 36.4 Å². The lowest BCUT2D eigenvalue weighted by molar-refractivity contribution is 0.489. The predicted molar refractivity (Wildman–Crippen MR) is 82.4 cm³/mol. The van der Waals surface area contributed by atoms with E-state index in [9.17, 15) is 8.78 Å². The van der Waals surface area contributed by atoms with Crippen LogP contribution in [-0.4, -0.2) is 6.54 Å². The van der Waals surface area contributed by atoms with Gasteiger partial charge in [0, 0.05) is 17.8 Å². The summed E-state index contributed by atoms with van der Waals surface area (Å²) in [5.74, 6) is -0.143. The number of anilines is 1. The minimum absolute atomic E-state index is 0.315. The molecule has 21 heavy (non-hydrogen) atoms. The molecule has 0 fully saturated rings. The summed E-state index contributed by atoms with van der Waals surface area (Å²) in [6.07, 6.45) is 3.46. The van der Waals surface area contributed by atoms with Crippen molar-refractivity contribution in [2.24, 2.45) is 5.92 Å². The first-order chi connectivity index (χ1) is 10.2. The molecule has 2 aromatic rings. The molecule has 0 amide bonds. The van der Waals surface area contributed by atoms with Gasteiger partial charge in [-0.15, -0.1) is 0 Å². The highest BCUT2D eigenvalue weighted by Crippen LogP contribution is 2.32. The molecule has 0 spiro atoms. The first-order valence-corrected chi connectivity index (χ1v) is 7.49. The molecule has 0 aliphatic carbocycles. The fraction of sp³-hybridized carbons (Fsp3) is 0.333. The fourth-order valence-electron chi connectivity index (χ4n) is 3.06. The molecule has 0 saturated heterocycles. The van der Waals surface area contributed by atoms with Gasteiger partial charge in [0.1, 0.15) is 11.6 Å². The Morgan fingerprint density at radius 1 is 1.14 bits per heavy atom. The lowest BCUT2D eigenvalue weighted by atomic mass is 9.89. The Morgan fingerprint density at radius 2 is 2.00 bits per heavy atom. The van der Waals surface area contributed by atoms with Crippen LogP contribution in [0.25, 0.3) is 11.1 Å². The monoisotopic (exact) mass is 287 g/mol. The van der Waals surface area contributed by atoms with Crippen LogP contribution in [-0.2, 0) is 6.42 Å². The summed E-state index contributed by atoms with van der Waals surface area (Å²) in [6.45, 7) is 3.15. The van der Waals surface area contributed by atoms with Crippen molar-refractivity contribution in [2.75, 3.05) is 11.9 Å². The molecule has 1 heterocycles. The zero-order valence-corrected chi connectivity index (χ0v) is 12.1. The lowest BCUT2D eigenvalue weighted by Gasteiger charge is -2.26. The lowest BCUT2D eigenvalue weighted by Crippen LogP contribution is -2.22. The zero-order valence-electron chi connectivity index (χ0n) is 12.1. The second kappa shape index (κ2) is 5.84. The quantitative estimate of drug-likeness (QED) is 0.836. The van der Waals surface area contributed by atoms with E-state index in [1.54, 1.807) is 0 Å². The Kier molecular flexibility index (Phi) is 3.91. The highest BCUT2D eigenvalue weighted by atomic mass is 19.1. The van der Waals surface area contributed by atoms with Crippen molar-refractivity contribution in [3.8, 4) is 11.1 Å². The first-order valence-electron chi connectivity index (χ1n) is 7.49. The highest BCUT2D eigenvalue weighted by Gasteiger charge is 2.18. The molecule has 2 aromatic carbocycles. The maximum atomic E-state index is 13.9. The van der Waals surface area contributed by atoms with E-state index in [-0.39, 0.29) is 0 Å². The summed E-state index contributed by atoms with van der Waals surface area (Å²) in [4.78, 5) is 0. The van der Waals surface area contributed by atoms with Crippen molar-refractivity contribution in [1.29, 1.82) is 0 Å². The third-order valence-electron chi connectivity index (χ3n) is 4.14. The summed E-state index contributed by atoms with van der Waals surface area (Å²) >= 11 is 0. The zero-order chi connectivity index (χ0) is 14.8. The highest BCUT2D eigenvalue weighted by molar-refractivity contribution is 5.71. The maximum absolute atomic E-state index is 13.9. The number of hydrogen-bond donors (Lipinski definition) is 1. The van der Waals surface area contributed by atoms with Crippen LogP contribution in [0.2, 0.25) is 0 Å². The van der Waals surface area contributed by atoms with E-state index in [4.69, 9.17) is 0 Å². The molecule has 0 saturated carbocycles. The summed E-state index contributed by atoms with van der Waals surface area (Å²) < 4.78 is 27.2. The van der Waals surface area contributed by atoms with Gasteiger partial charge in [-0.1, -0.05) is 25.5 Å². The number of benzene rings is 2. The van der Waals surface area contributed by atoms with Crippen molar-refractivity contribution >= 4 is 5.69 Å². The van der Waals surface area contributed by atoms with Crippen LogP contribution in [0.3, 0.4) is 0 Å². The Hall–Kier alpha value is -1.90. The average Bonchev–Trinajstić information content (AvgIpc) is 2.49. The molecule has 1 atom stereocenters. The minimum atomic E-state index is -0.417. The van der Waals surface area contributed by atoms with Gasteiger partial charge in [-0.25, -0.2) is 8.78 Å². The molecule has 1 unspecified atom stereocenters. The predicted octanol–water partition coefficient (Wildman–Crippen LogP) is 5.02. The Labute approximate surface area is 124 Å². The van der Waals surface area contributed by atoms with E-state index in [0.29, 0.717) is 17.0 Å². The van der Waals surface area contributed by atoms with Gasteiger partial charge < -0.3 is 5.32 Å². The van der Waals surface area contributed by atoms with Crippen LogP contribution >= 0.6 is 0 Å². The number of fused-ring (bicyclic) bond motifs is 1. The molecule has 1 nitrogen and oxygen atoms in total. The van der Waals surface area contributed by atoms with Crippen LogP contribution in [0.5, 0.6) is 0 Å². The van der Waals surface area contributed by atoms with E-state index < -0.39 is 11.6 Å². The molecule has 1 N–H and O–H groups in total. The molecule has 1 aliphatic rings. The van der Waals surface area contributed by atoms with E-state index in [0.717, 1.165) is 24.7 Å². The Bertz CT molecular complexity index is 652. The number of nitrogens with one attached hydrogen (secondary N) is 1. The van der Waals surface area contributed by atoms with Gasteiger partial charge in [0.25, 0.3) is 0 Å². The average molecular weight is 287 g/mol. The Balaban J connectivity index is 1.92. The van der Waals surface area contributed by atoms with Crippen LogP contribution in [0.1, 0.15) is 25.3 Å². The molecular weight excluding hydrogens is 268 g/mol. The SMILES string of the molecule is CCCC1CNc2cc(-c3cc(F)ccc3F)ccc2C1.